The van der Waals surface area contributed by atoms with Gasteiger partial charge in [-0.05, 0) is 104 Å². The maximum atomic E-state index is 13.3. The van der Waals surface area contributed by atoms with Gasteiger partial charge in [-0.1, -0.05) is 12.1 Å². The molecule has 1 fully saturated rings. The minimum absolute atomic E-state index is 0.0412. The van der Waals surface area contributed by atoms with Crippen LogP contribution in [0.4, 0.5) is 32.0 Å². The fraction of sp³-hybridized carbons (Fsp3) is 0.394. The van der Waals surface area contributed by atoms with Crippen LogP contribution < -0.4 is 14.8 Å². The van der Waals surface area contributed by atoms with Crippen molar-refractivity contribution in [3.63, 3.8) is 0 Å². The normalized spacial score (nSPS) is 15.8. The van der Waals surface area contributed by atoms with Crippen molar-refractivity contribution in [2.45, 2.75) is 44.5 Å². The number of nitrogens with one attached hydrogen (secondary N) is 1. The zero-order chi connectivity index (χ0) is 36.2. The first-order valence-electron chi connectivity index (χ1n) is 15.0. The number of ether oxygens (including phenoxy) is 2. The summed E-state index contributed by atoms with van der Waals surface area (Å²) in [6.07, 6.45) is -1.62. The molecule has 0 radical (unpaired) electrons. The summed E-state index contributed by atoms with van der Waals surface area (Å²) >= 11 is 0. The van der Waals surface area contributed by atoms with Gasteiger partial charge in [0.1, 0.15) is 18.1 Å². The number of aromatic nitrogens is 1. The highest BCUT2D eigenvalue weighted by Crippen LogP contribution is 2.33. The van der Waals surface area contributed by atoms with Crippen molar-refractivity contribution >= 4 is 23.5 Å². The number of aryl methyl sites for hydroxylation is 1. The molecular weight excluding hydrogens is 664 g/mol. The van der Waals surface area contributed by atoms with Gasteiger partial charge in [0.05, 0.1) is 12.8 Å². The molecule has 2 heterocycles. The van der Waals surface area contributed by atoms with Gasteiger partial charge < -0.3 is 25.0 Å². The van der Waals surface area contributed by atoms with E-state index in [4.69, 9.17) is 29.3 Å². The number of likely N-dealkylation sites (tertiary alicyclic amines) is 1. The number of methoxy groups -OCH3 is 1. The topological polar surface area (TPSA) is 138 Å². The molecule has 266 valence electrons. The number of amides is 1. The summed E-state index contributed by atoms with van der Waals surface area (Å²) in [6, 6.07) is 16.1. The molecular formula is C33H35F6N3O7. The van der Waals surface area contributed by atoms with Crippen LogP contribution in [0.25, 0.3) is 11.1 Å². The summed E-state index contributed by atoms with van der Waals surface area (Å²) < 4.78 is 75.1. The van der Waals surface area contributed by atoms with Crippen LogP contribution in [0.15, 0.2) is 60.9 Å². The van der Waals surface area contributed by atoms with Crippen LogP contribution in [-0.2, 0) is 27.2 Å². The third kappa shape index (κ3) is 12.3. The summed E-state index contributed by atoms with van der Waals surface area (Å²) in [7, 11) is 1.68. The third-order valence-electron chi connectivity index (χ3n) is 7.61. The zero-order valence-electron chi connectivity index (χ0n) is 26.3. The molecule has 1 atom stereocenters. The molecule has 1 amide bonds. The first-order valence-corrected chi connectivity index (χ1v) is 15.0. The first kappa shape index (κ1) is 38.6. The highest BCUT2D eigenvalue weighted by Gasteiger charge is 2.39. The monoisotopic (exact) mass is 699 g/mol. The van der Waals surface area contributed by atoms with Gasteiger partial charge in [0.2, 0.25) is 5.91 Å². The molecule has 0 bridgehead atoms. The number of alkyl halides is 6. The van der Waals surface area contributed by atoms with E-state index in [9.17, 15) is 31.1 Å². The van der Waals surface area contributed by atoms with Crippen LogP contribution in [0.2, 0.25) is 0 Å². The number of rotatable bonds is 8. The van der Waals surface area contributed by atoms with Gasteiger partial charge in [-0.3, -0.25) is 14.7 Å². The lowest BCUT2D eigenvalue weighted by Gasteiger charge is -2.25. The van der Waals surface area contributed by atoms with E-state index in [1.54, 1.807) is 19.5 Å². The Hall–Kier alpha value is -4.86. The molecule has 3 aromatic rings. The van der Waals surface area contributed by atoms with Crippen LogP contribution in [0.5, 0.6) is 11.5 Å². The van der Waals surface area contributed by atoms with E-state index < -0.39 is 24.3 Å². The highest BCUT2D eigenvalue weighted by atomic mass is 19.4. The minimum Gasteiger partial charge on any atom is -0.497 e. The summed E-state index contributed by atoms with van der Waals surface area (Å²) in [6.45, 7) is 3.77. The number of hydrogen-bond donors (Lipinski definition) is 3. The predicted octanol–water partition coefficient (Wildman–Crippen LogP) is 6.24. The molecule has 0 spiro atoms. The molecule has 1 saturated heterocycles. The van der Waals surface area contributed by atoms with E-state index in [1.807, 2.05) is 36.4 Å². The van der Waals surface area contributed by atoms with Crippen molar-refractivity contribution < 1.29 is 60.4 Å². The van der Waals surface area contributed by atoms with E-state index in [0.29, 0.717) is 12.4 Å². The lowest BCUT2D eigenvalue weighted by atomic mass is 9.83. The minimum atomic E-state index is -5.08. The Bertz CT molecular complexity index is 1540. The van der Waals surface area contributed by atoms with Crippen LogP contribution >= 0.6 is 0 Å². The van der Waals surface area contributed by atoms with Crippen LogP contribution in [0.1, 0.15) is 30.4 Å². The van der Waals surface area contributed by atoms with Crippen LogP contribution in [-0.4, -0.2) is 83.6 Å². The fourth-order valence-corrected chi connectivity index (χ4v) is 5.08. The molecule has 1 aliphatic carbocycles. The number of carbonyl (C=O) groups is 3. The van der Waals surface area contributed by atoms with Gasteiger partial charge in [-0.25, -0.2) is 9.59 Å². The maximum absolute atomic E-state index is 13.3. The second-order valence-electron chi connectivity index (χ2n) is 11.0. The lowest BCUT2D eigenvalue weighted by Crippen LogP contribution is -2.28. The molecule has 16 heteroatoms. The van der Waals surface area contributed by atoms with Crippen molar-refractivity contribution in [1.29, 1.82) is 0 Å². The SMILES string of the molecule is COc1ccc2c(c1)CC(C(=O)Nc1ccc(-c3ccncc3)cc1OCCN1CCCC1)CC2.O=C(O)C(F)(F)F.O=C(O)C(F)(F)F. The second-order valence-corrected chi connectivity index (χ2v) is 11.0. The van der Waals surface area contributed by atoms with Crippen molar-refractivity contribution in [1.82, 2.24) is 9.88 Å². The molecule has 1 aliphatic heterocycles. The second kappa shape index (κ2) is 17.5. The molecule has 1 unspecified atom stereocenters. The molecule has 5 rings (SSSR count). The maximum Gasteiger partial charge on any atom is 0.490 e. The predicted molar refractivity (Wildman–Crippen MR) is 165 cm³/mol. The Morgan fingerprint density at radius 1 is 0.878 bits per heavy atom. The number of anilines is 1. The van der Waals surface area contributed by atoms with Crippen LogP contribution in [0, 0.1) is 5.92 Å². The van der Waals surface area contributed by atoms with E-state index in [-0.39, 0.29) is 11.8 Å². The Labute approximate surface area is 277 Å². The van der Waals surface area contributed by atoms with E-state index in [0.717, 1.165) is 61.5 Å². The molecule has 49 heavy (non-hydrogen) atoms. The lowest BCUT2D eigenvalue weighted by molar-refractivity contribution is -0.193. The standard InChI is InChI=1S/C29H33N3O3.2C2HF3O2/c1-34-26-8-6-21-4-5-24(18-25(21)19-26)29(33)31-27-9-7-23(22-10-12-30-13-11-22)20-28(27)35-17-16-32-14-2-3-15-32;2*3-2(4,5)1(6)7/h6-13,19-20,24H,2-5,14-18H2,1H3,(H,31,33);2*(H,6,7). The molecule has 10 nitrogen and oxygen atoms in total. The van der Waals surface area contributed by atoms with E-state index in [2.05, 4.69) is 27.3 Å². The quantitative estimate of drug-likeness (QED) is 0.233. The highest BCUT2D eigenvalue weighted by molar-refractivity contribution is 5.94. The number of hydrogen-bond acceptors (Lipinski definition) is 7. The first-order chi connectivity index (χ1) is 23.1. The molecule has 2 aromatic carbocycles. The zero-order valence-corrected chi connectivity index (χ0v) is 26.3. The van der Waals surface area contributed by atoms with Gasteiger partial charge in [-0.15, -0.1) is 0 Å². The Balaban J connectivity index is 0.000000392. The molecule has 0 saturated carbocycles. The smallest absolute Gasteiger partial charge is 0.490 e. The van der Waals surface area contributed by atoms with Gasteiger partial charge >= 0.3 is 24.3 Å². The van der Waals surface area contributed by atoms with Gasteiger partial charge in [0.15, 0.2) is 0 Å². The molecule has 3 N–H and O–H groups in total. The Morgan fingerprint density at radius 3 is 2.06 bits per heavy atom. The van der Waals surface area contributed by atoms with E-state index in [1.165, 1.54) is 24.0 Å². The molecule has 1 aromatic heterocycles. The summed E-state index contributed by atoms with van der Waals surface area (Å²) in [5, 5.41) is 17.4. The number of nitrogens with zero attached hydrogens (tertiary/aromatic N) is 2. The number of aliphatic carboxylic acids is 2. The largest absolute Gasteiger partial charge is 0.497 e. The Kier molecular flexibility index (Phi) is 13.8. The average Bonchev–Trinajstić information content (AvgIpc) is 3.58. The number of pyridine rings is 1. The van der Waals surface area contributed by atoms with Crippen LogP contribution in [0.3, 0.4) is 0 Å². The van der Waals surface area contributed by atoms with E-state index >= 15 is 0 Å². The van der Waals surface area contributed by atoms with Crippen molar-refractivity contribution in [2.75, 3.05) is 38.7 Å². The van der Waals surface area contributed by atoms with Gasteiger partial charge in [0, 0.05) is 24.9 Å². The van der Waals surface area contributed by atoms with Gasteiger partial charge in [-0.2, -0.15) is 26.3 Å². The number of carboxylic acid groups (broad SMARTS) is 2. The third-order valence-corrected chi connectivity index (χ3v) is 7.61. The number of carbonyl (C=O) groups excluding carboxylic acids is 1. The number of benzene rings is 2. The number of fused-ring (bicyclic) bond motifs is 1. The van der Waals surface area contributed by atoms with Crippen molar-refractivity contribution in [3.8, 4) is 22.6 Å². The Morgan fingerprint density at radius 2 is 1.49 bits per heavy atom. The fourth-order valence-electron chi connectivity index (χ4n) is 5.08. The summed E-state index contributed by atoms with van der Waals surface area (Å²) in [4.78, 5) is 37.6. The van der Waals surface area contributed by atoms with Crippen molar-refractivity contribution in [3.05, 3.63) is 72.1 Å². The average molecular weight is 700 g/mol. The molecule has 2 aliphatic rings. The number of halogens is 6. The summed E-state index contributed by atoms with van der Waals surface area (Å²) in [5.74, 6) is -4.00. The van der Waals surface area contributed by atoms with Crippen molar-refractivity contribution in [2.24, 2.45) is 5.92 Å². The van der Waals surface area contributed by atoms with Gasteiger partial charge in [0.25, 0.3) is 0 Å². The summed E-state index contributed by atoms with van der Waals surface area (Å²) in [5.41, 5.74) is 5.35. The number of carboxylic acids is 2.